The van der Waals surface area contributed by atoms with E-state index in [0.717, 1.165) is 11.1 Å². The third-order valence-electron chi connectivity index (χ3n) is 3.47. The molecule has 0 aliphatic carbocycles. The zero-order valence-corrected chi connectivity index (χ0v) is 16.2. The summed E-state index contributed by atoms with van der Waals surface area (Å²) in [6, 6.07) is 18.7. The van der Waals surface area contributed by atoms with E-state index in [4.69, 9.17) is 9.47 Å². The van der Waals surface area contributed by atoms with Crippen LogP contribution in [0.25, 0.3) is 0 Å². The van der Waals surface area contributed by atoms with Crippen LogP contribution in [0.4, 0.5) is 13.2 Å². The van der Waals surface area contributed by atoms with Gasteiger partial charge in [0.1, 0.15) is 6.10 Å². The van der Waals surface area contributed by atoms with Crippen LogP contribution in [0.3, 0.4) is 0 Å². The molecule has 2 atom stereocenters. The number of rotatable bonds is 10. The lowest BCUT2D eigenvalue weighted by atomic mass is 10.2. The van der Waals surface area contributed by atoms with E-state index in [1.165, 1.54) is 0 Å². The lowest BCUT2D eigenvalue weighted by Crippen LogP contribution is -2.37. The molecule has 2 rings (SSSR count). The Morgan fingerprint density at radius 2 is 1.23 bits per heavy atom. The summed E-state index contributed by atoms with van der Waals surface area (Å²) in [5.41, 5.74) is 1.85. The van der Waals surface area contributed by atoms with Gasteiger partial charge in [0.05, 0.1) is 30.4 Å². The molecule has 0 saturated heterocycles. The minimum absolute atomic E-state index is 0.130. The van der Waals surface area contributed by atoms with Crippen LogP contribution in [0.2, 0.25) is 0 Å². The second kappa shape index (κ2) is 10.9. The molecule has 0 N–H and O–H groups in total. The van der Waals surface area contributed by atoms with Crippen LogP contribution in [0, 0.1) is 0 Å². The van der Waals surface area contributed by atoms with Gasteiger partial charge >= 0.3 is 6.36 Å². The monoisotopic (exact) mass is 480 g/mol. The maximum Gasteiger partial charge on any atom is 0.522 e. The minimum Gasteiger partial charge on any atom is -0.376 e. The number of alkyl halides is 4. The average molecular weight is 480 g/mol. The van der Waals surface area contributed by atoms with Crippen LogP contribution >= 0.6 is 22.6 Å². The SMILES string of the molecule is FC(F)(F)O[C@@H](COCc1ccccc1)[C@H](I)COCc1ccccc1. The fourth-order valence-corrected chi connectivity index (χ4v) is 2.83. The summed E-state index contributed by atoms with van der Waals surface area (Å²) in [5, 5.41) is 0. The van der Waals surface area contributed by atoms with Crippen LogP contribution in [0.1, 0.15) is 11.1 Å². The van der Waals surface area contributed by atoms with Crippen molar-refractivity contribution in [1.82, 2.24) is 0 Å². The number of halogens is 4. The normalized spacial score (nSPS) is 14.2. The third kappa shape index (κ3) is 8.48. The number of benzene rings is 2. The molecule has 0 aliphatic heterocycles. The van der Waals surface area contributed by atoms with E-state index in [9.17, 15) is 13.2 Å². The summed E-state index contributed by atoms with van der Waals surface area (Å²) in [6.07, 6.45) is -5.86. The van der Waals surface area contributed by atoms with Gasteiger partial charge in [-0.25, -0.2) is 0 Å². The van der Waals surface area contributed by atoms with Gasteiger partial charge in [0.15, 0.2) is 0 Å². The van der Waals surface area contributed by atoms with Crippen LogP contribution in [-0.2, 0) is 27.4 Å². The maximum absolute atomic E-state index is 12.7. The fourth-order valence-electron chi connectivity index (χ4n) is 2.22. The van der Waals surface area contributed by atoms with Gasteiger partial charge in [0.2, 0.25) is 0 Å². The van der Waals surface area contributed by atoms with Crippen molar-refractivity contribution >= 4 is 22.6 Å². The van der Waals surface area contributed by atoms with E-state index in [1.54, 1.807) is 0 Å². The van der Waals surface area contributed by atoms with Crippen molar-refractivity contribution in [2.75, 3.05) is 13.2 Å². The van der Waals surface area contributed by atoms with Gasteiger partial charge < -0.3 is 9.47 Å². The summed E-state index contributed by atoms with van der Waals surface area (Å²) in [5.74, 6) is 0. The molecule has 0 bridgehead atoms. The van der Waals surface area contributed by atoms with Crippen molar-refractivity contribution in [1.29, 1.82) is 0 Å². The Kier molecular flexibility index (Phi) is 8.83. The summed E-state index contributed by atoms with van der Waals surface area (Å²) >= 11 is 1.91. The first-order valence-corrected chi connectivity index (χ1v) is 9.30. The molecule has 0 saturated carbocycles. The first-order chi connectivity index (χ1) is 12.4. The standard InChI is InChI=1S/C19H20F3IO3/c20-19(21,22)26-18(14-25-12-16-9-5-2-6-10-16)17(23)13-24-11-15-7-3-1-4-8-15/h1-10,17-18H,11-14H2/t17-,18+/m1/s1. The number of ether oxygens (including phenoxy) is 3. The molecule has 0 unspecified atom stereocenters. The highest BCUT2D eigenvalue weighted by Crippen LogP contribution is 2.24. The van der Waals surface area contributed by atoms with Crippen LogP contribution < -0.4 is 0 Å². The zero-order valence-electron chi connectivity index (χ0n) is 14.0. The Morgan fingerprint density at radius 1 is 0.769 bits per heavy atom. The van der Waals surface area contributed by atoms with E-state index in [0.29, 0.717) is 6.61 Å². The summed E-state index contributed by atoms with van der Waals surface area (Å²) in [4.78, 5) is 0. The highest BCUT2D eigenvalue weighted by atomic mass is 127. The van der Waals surface area contributed by atoms with E-state index in [2.05, 4.69) is 4.74 Å². The second-order valence-electron chi connectivity index (χ2n) is 5.62. The maximum atomic E-state index is 12.7. The molecule has 0 amide bonds. The van der Waals surface area contributed by atoms with Gasteiger partial charge in [0, 0.05) is 0 Å². The predicted octanol–water partition coefficient (Wildman–Crippen LogP) is 5.13. The lowest BCUT2D eigenvalue weighted by molar-refractivity contribution is -0.346. The number of hydrogen-bond donors (Lipinski definition) is 0. The van der Waals surface area contributed by atoms with Gasteiger partial charge in [0.25, 0.3) is 0 Å². The molecule has 0 spiro atoms. The average Bonchev–Trinajstić information content (AvgIpc) is 2.61. The molecule has 0 heterocycles. The van der Waals surface area contributed by atoms with Gasteiger partial charge in [-0.2, -0.15) is 0 Å². The minimum atomic E-state index is -4.72. The molecule has 3 nitrogen and oxygen atoms in total. The van der Waals surface area contributed by atoms with Gasteiger partial charge in [-0.05, 0) is 11.1 Å². The van der Waals surface area contributed by atoms with Crippen molar-refractivity contribution in [2.24, 2.45) is 0 Å². The van der Waals surface area contributed by atoms with E-state index >= 15 is 0 Å². The third-order valence-corrected chi connectivity index (χ3v) is 4.63. The topological polar surface area (TPSA) is 27.7 Å². The van der Waals surface area contributed by atoms with Crippen LogP contribution in [0.15, 0.2) is 60.7 Å². The Hall–Kier alpha value is -1.16. The first-order valence-electron chi connectivity index (χ1n) is 8.06. The van der Waals surface area contributed by atoms with E-state index in [-0.39, 0.29) is 19.8 Å². The molecule has 0 aliphatic rings. The van der Waals surface area contributed by atoms with Crippen molar-refractivity contribution in [2.45, 2.75) is 29.6 Å². The lowest BCUT2D eigenvalue weighted by Gasteiger charge is -2.24. The number of hydrogen-bond acceptors (Lipinski definition) is 3. The van der Waals surface area contributed by atoms with Crippen LogP contribution in [-0.4, -0.2) is 29.6 Å². The molecule has 142 valence electrons. The summed E-state index contributed by atoms with van der Waals surface area (Å²) in [7, 11) is 0. The molecular weight excluding hydrogens is 460 g/mol. The van der Waals surface area contributed by atoms with Crippen molar-refractivity contribution in [3.05, 3.63) is 71.8 Å². The summed E-state index contributed by atoms with van der Waals surface area (Å²) in [6.45, 7) is 0.526. The summed E-state index contributed by atoms with van der Waals surface area (Å²) < 4.78 is 52.7. The molecule has 7 heteroatoms. The Balaban J connectivity index is 1.82. The molecule has 0 radical (unpaired) electrons. The van der Waals surface area contributed by atoms with Gasteiger partial charge in [-0.15, -0.1) is 13.2 Å². The van der Waals surface area contributed by atoms with Crippen molar-refractivity contribution in [3.8, 4) is 0 Å². The molecule has 26 heavy (non-hydrogen) atoms. The molecule has 2 aromatic rings. The molecule has 0 aromatic heterocycles. The Labute approximate surface area is 164 Å². The van der Waals surface area contributed by atoms with Crippen molar-refractivity contribution in [3.63, 3.8) is 0 Å². The van der Waals surface area contributed by atoms with Crippen molar-refractivity contribution < 1.29 is 27.4 Å². The molecular formula is C19H20F3IO3. The fraction of sp³-hybridized carbons (Fsp3) is 0.368. The van der Waals surface area contributed by atoms with E-state index in [1.807, 2.05) is 83.3 Å². The zero-order chi connectivity index (χ0) is 18.8. The Morgan fingerprint density at radius 3 is 1.69 bits per heavy atom. The molecule has 2 aromatic carbocycles. The molecule has 0 fully saturated rings. The van der Waals surface area contributed by atoms with Gasteiger partial charge in [-0.1, -0.05) is 83.3 Å². The predicted molar refractivity (Wildman–Crippen MR) is 101 cm³/mol. The quantitative estimate of drug-likeness (QED) is 0.349. The largest absolute Gasteiger partial charge is 0.522 e. The first kappa shape index (κ1) is 21.1. The van der Waals surface area contributed by atoms with E-state index < -0.39 is 16.4 Å². The highest BCUT2D eigenvalue weighted by Gasteiger charge is 2.36. The Bertz CT molecular complexity index is 623. The smallest absolute Gasteiger partial charge is 0.376 e. The second-order valence-corrected chi connectivity index (χ2v) is 7.22. The van der Waals surface area contributed by atoms with Gasteiger partial charge in [-0.3, -0.25) is 4.74 Å². The highest BCUT2D eigenvalue weighted by molar-refractivity contribution is 14.1. The van der Waals surface area contributed by atoms with Crippen LogP contribution in [0.5, 0.6) is 0 Å².